The van der Waals surface area contributed by atoms with Crippen LogP contribution in [0.15, 0.2) is 83.0 Å². The fourth-order valence-corrected chi connectivity index (χ4v) is 3.05. The maximum absolute atomic E-state index is 12.0. The van der Waals surface area contributed by atoms with Crippen LogP contribution in [0.3, 0.4) is 0 Å². The molecule has 0 spiro atoms. The number of aromatic nitrogens is 2. The van der Waals surface area contributed by atoms with E-state index in [0.717, 1.165) is 21.8 Å². The van der Waals surface area contributed by atoms with E-state index in [-0.39, 0.29) is 0 Å². The lowest BCUT2D eigenvalue weighted by Gasteiger charge is -2.14. The second kappa shape index (κ2) is 10.4. The first-order chi connectivity index (χ1) is 16.5. The lowest BCUT2D eigenvalue weighted by atomic mass is 10.2. The number of hydrogen-bond acceptors (Lipinski definition) is 8. The van der Waals surface area contributed by atoms with E-state index in [1.54, 1.807) is 12.1 Å². The molecule has 0 fully saturated rings. The standard InChI is InChI=1S/C24H20N6O4/c31-21(23(33)29-25-13-17-11-9-15-5-1-3-7-19(15)27-17)22(32)24(34)30-26-14-18-12-10-16-6-2-4-8-20(16)28-18/h1-14,21-22,31-32H,(H,29,33)(H,30,34)/b25-13-,26-14-/t21-,22+. The first-order valence-corrected chi connectivity index (χ1v) is 10.2. The van der Waals surface area contributed by atoms with Gasteiger partial charge < -0.3 is 10.2 Å². The zero-order chi connectivity index (χ0) is 23.9. The molecule has 10 nitrogen and oxygen atoms in total. The van der Waals surface area contributed by atoms with Gasteiger partial charge in [0.1, 0.15) is 0 Å². The van der Waals surface area contributed by atoms with Crippen LogP contribution in [0.4, 0.5) is 0 Å². The molecular formula is C24H20N6O4. The van der Waals surface area contributed by atoms with Crippen LogP contribution < -0.4 is 10.9 Å². The Balaban J connectivity index is 1.29. The minimum atomic E-state index is -2.06. The molecule has 170 valence electrons. The van der Waals surface area contributed by atoms with Gasteiger partial charge in [-0.25, -0.2) is 20.8 Å². The number of carbonyl (C=O) groups is 2. The van der Waals surface area contributed by atoms with E-state index >= 15 is 0 Å². The average molecular weight is 456 g/mol. The number of fused-ring (bicyclic) bond motifs is 2. The zero-order valence-electron chi connectivity index (χ0n) is 17.7. The van der Waals surface area contributed by atoms with Gasteiger partial charge >= 0.3 is 0 Å². The van der Waals surface area contributed by atoms with Gasteiger partial charge in [0.15, 0.2) is 12.2 Å². The highest BCUT2D eigenvalue weighted by atomic mass is 16.3. The van der Waals surface area contributed by atoms with E-state index < -0.39 is 24.0 Å². The van der Waals surface area contributed by atoms with Crippen LogP contribution in [0, 0.1) is 0 Å². The Morgan fingerprint density at radius 2 is 1.09 bits per heavy atom. The highest BCUT2D eigenvalue weighted by molar-refractivity contribution is 5.92. The van der Waals surface area contributed by atoms with Crippen LogP contribution in [-0.4, -0.2) is 56.6 Å². The van der Waals surface area contributed by atoms with Crippen LogP contribution >= 0.6 is 0 Å². The Labute approximate surface area is 193 Å². The number of carbonyl (C=O) groups excluding carboxylic acids is 2. The van der Waals surface area contributed by atoms with Crippen molar-refractivity contribution in [3.63, 3.8) is 0 Å². The molecule has 0 radical (unpaired) electrons. The van der Waals surface area contributed by atoms with Gasteiger partial charge in [0.05, 0.1) is 34.9 Å². The van der Waals surface area contributed by atoms with Crippen LogP contribution in [-0.2, 0) is 9.59 Å². The molecule has 10 heteroatoms. The summed E-state index contributed by atoms with van der Waals surface area (Å²) in [7, 11) is 0. The number of para-hydroxylation sites is 2. The number of nitrogens with zero attached hydrogens (tertiary/aromatic N) is 4. The normalized spacial score (nSPS) is 13.4. The van der Waals surface area contributed by atoms with Gasteiger partial charge in [-0.3, -0.25) is 9.59 Å². The van der Waals surface area contributed by atoms with Gasteiger partial charge in [0.25, 0.3) is 11.8 Å². The third kappa shape index (κ3) is 5.44. The van der Waals surface area contributed by atoms with E-state index in [0.29, 0.717) is 11.4 Å². The Morgan fingerprint density at radius 3 is 1.53 bits per heavy atom. The number of pyridine rings is 2. The summed E-state index contributed by atoms with van der Waals surface area (Å²) in [5, 5.41) is 29.2. The van der Waals surface area contributed by atoms with Crippen molar-refractivity contribution < 1.29 is 19.8 Å². The van der Waals surface area contributed by atoms with Crippen molar-refractivity contribution >= 4 is 46.0 Å². The minimum Gasteiger partial charge on any atom is -0.380 e. The molecular weight excluding hydrogens is 436 g/mol. The first-order valence-electron chi connectivity index (χ1n) is 10.2. The van der Waals surface area contributed by atoms with Gasteiger partial charge in [0, 0.05) is 10.8 Å². The summed E-state index contributed by atoms with van der Waals surface area (Å²) in [4.78, 5) is 32.8. The third-order valence-electron chi connectivity index (χ3n) is 4.82. The second-order valence-corrected chi connectivity index (χ2v) is 7.22. The summed E-state index contributed by atoms with van der Waals surface area (Å²) >= 11 is 0. The average Bonchev–Trinajstić information content (AvgIpc) is 2.87. The Morgan fingerprint density at radius 1 is 0.676 bits per heavy atom. The maximum Gasteiger partial charge on any atom is 0.272 e. The first kappa shape index (κ1) is 22.6. The van der Waals surface area contributed by atoms with Crippen molar-refractivity contribution in [2.24, 2.45) is 10.2 Å². The number of aliphatic hydroxyl groups is 2. The van der Waals surface area contributed by atoms with Crippen LogP contribution in [0.25, 0.3) is 21.8 Å². The van der Waals surface area contributed by atoms with Gasteiger partial charge in [-0.15, -0.1) is 0 Å². The summed E-state index contributed by atoms with van der Waals surface area (Å²) in [6, 6.07) is 22.1. The minimum absolute atomic E-state index is 0.475. The Bertz CT molecular complexity index is 1300. The molecule has 4 aromatic rings. The second-order valence-electron chi connectivity index (χ2n) is 7.22. The molecule has 2 amide bonds. The maximum atomic E-state index is 12.0. The Hall–Kier alpha value is -4.54. The molecule has 0 unspecified atom stereocenters. The molecule has 34 heavy (non-hydrogen) atoms. The third-order valence-corrected chi connectivity index (χ3v) is 4.82. The molecule has 0 bridgehead atoms. The van der Waals surface area contributed by atoms with Crippen molar-refractivity contribution in [2.75, 3.05) is 0 Å². The van der Waals surface area contributed by atoms with Crippen molar-refractivity contribution in [3.8, 4) is 0 Å². The summed E-state index contributed by atoms with van der Waals surface area (Å²) in [5.74, 6) is -2.14. The van der Waals surface area contributed by atoms with Crippen molar-refractivity contribution in [3.05, 3.63) is 84.2 Å². The molecule has 4 rings (SSSR count). The molecule has 2 heterocycles. The van der Waals surface area contributed by atoms with Gasteiger partial charge in [0.2, 0.25) is 0 Å². The van der Waals surface area contributed by atoms with E-state index in [4.69, 9.17) is 0 Å². The topological polar surface area (TPSA) is 149 Å². The van der Waals surface area contributed by atoms with E-state index in [1.165, 1.54) is 12.4 Å². The molecule has 4 N–H and O–H groups in total. The number of benzene rings is 2. The predicted molar refractivity (Wildman–Crippen MR) is 127 cm³/mol. The summed E-state index contributed by atoms with van der Waals surface area (Å²) in [6.45, 7) is 0. The molecule has 2 aromatic carbocycles. The predicted octanol–water partition coefficient (Wildman–Crippen LogP) is 1.11. The number of amides is 2. The van der Waals surface area contributed by atoms with Gasteiger partial charge in [-0.1, -0.05) is 48.5 Å². The van der Waals surface area contributed by atoms with Crippen LogP contribution in [0.2, 0.25) is 0 Å². The zero-order valence-corrected chi connectivity index (χ0v) is 17.7. The van der Waals surface area contributed by atoms with Crippen molar-refractivity contribution in [2.45, 2.75) is 12.2 Å². The smallest absolute Gasteiger partial charge is 0.272 e. The fraction of sp³-hybridized carbons (Fsp3) is 0.0833. The Kier molecular flexibility index (Phi) is 6.92. The summed E-state index contributed by atoms with van der Waals surface area (Å²) < 4.78 is 0. The molecule has 0 aliphatic rings. The SMILES string of the molecule is O=C(N/N=C\c1ccc2ccccc2n1)[C@@H](O)[C@@H](O)C(=O)N/N=C\c1ccc2ccccc2n1. The quantitative estimate of drug-likeness (QED) is 0.242. The molecule has 0 saturated carbocycles. The molecule has 2 atom stereocenters. The van der Waals surface area contributed by atoms with Gasteiger partial charge in [-0.05, 0) is 24.3 Å². The largest absolute Gasteiger partial charge is 0.380 e. The molecule has 2 aromatic heterocycles. The molecule has 0 saturated heterocycles. The van der Waals surface area contributed by atoms with Gasteiger partial charge in [-0.2, -0.15) is 10.2 Å². The van der Waals surface area contributed by atoms with E-state index in [1.807, 2.05) is 60.7 Å². The highest BCUT2D eigenvalue weighted by Gasteiger charge is 2.30. The number of aliphatic hydroxyl groups excluding tert-OH is 2. The molecule has 0 aliphatic heterocycles. The van der Waals surface area contributed by atoms with Crippen LogP contribution in [0.5, 0.6) is 0 Å². The lowest BCUT2D eigenvalue weighted by molar-refractivity contribution is -0.146. The summed E-state index contributed by atoms with van der Waals surface area (Å²) in [6.07, 6.45) is -1.55. The fourth-order valence-electron chi connectivity index (χ4n) is 3.05. The number of nitrogens with one attached hydrogen (secondary N) is 2. The molecule has 0 aliphatic carbocycles. The number of rotatable bonds is 7. The summed E-state index contributed by atoms with van der Waals surface area (Å²) in [5.41, 5.74) is 6.59. The van der Waals surface area contributed by atoms with Crippen molar-refractivity contribution in [1.29, 1.82) is 0 Å². The van der Waals surface area contributed by atoms with Crippen molar-refractivity contribution in [1.82, 2.24) is 20.8 Å². The van der Waals surface area contributed by atoms with E-state index in [9.17, 15) is 19.8 Å². The number of hydrazone groups is 2. The highest BCUT2D eigenvalue weighted by Crippen LogP contribution is 2.11. The monoisotopic (exact) mass is 456 g/mol. The van der Waals surface area contributed by atoms with Crippen LogP contribution in [0.1, 0.15) is 11.4 Å². The van der Waals surface area contributed by atoms with E-state index in [2.05, 4.69) is 31.0 Å². The number of hydrogen-bond donors (Lipinski definition) is 4. The lowest BCUT2D eigenvalue weighted by Crippen LogP contribution is -2.47.